The molecule has 0 atom stereocenters. The molecule has 0 aromatic heterocycles. The van der Waals surface area contributed by atoms with E-state index in [1.54, 1.807) is 0 Å². The number of hydrogen-bond donors (Lipinski definition) is 1. The van der Waals surface area contributed by atoms with Crippen LogP contribution >= 0.6 is 0 Å². The molecule has 3 heteroatoms. The van der Waals surface area contributed by atoms with Gasteiger partial charge in [0.1, 0.15) is 0 Å². The van der Waals surface area contributed by atoms with E-state index in [4.69, 9.17) is 9.90 Å². The summed E-state index contributed by atoms with van der Waals surface area (Å²) in [5.41, 5.74) is 0. The number of rotatable bonds is 0. The van der Waals surface area contributed by atoms with Crippen LogP contribution in [0.3, 0.4) is 0 Å². The largest absolute Gasteiger partial charge is 2.00 e. The van der Waals surface area contributed by atoms with Crippen LogP contribution in [0.4, 0.5) is 0 Å². The molecule has 0 spiro atoms. The first kappa shape index (κ1) is 9.40. The minimum Gasteiger partial charge on any atom is -0.481 e. The molecule has 1 N–H and O–H groups in total. The van der Waals surface area contributed by atoms with Gasteiger partial charge in [0.25, 0.3) is 5.97 Å². The van der Waals surface area contributed by atoms with Gasteiger partial charge in [-0.2, -0.15) is 0 Å². The number of carbonyl (C=O) groups is 1. The van der Waals surface area contributed by atoms with E-state index in [1.165, 1.54) is 0 Å². The SMILES string of the molecule is CC(=O)O.[Ba+2]. The van der Waals surface area contributed by atoms with Crippen molar-refractivity contribution in [2.75, 3.05) is 0 Å². The van der Waals surface area contributed by atoms with Gasteiger partial charge in [-0.25, -0.2) is 0 Å². The molecule has 24 valence electrons. The number of hydrogen-bond acceptors (Lipinski definition) is 1. The Morgan fingerprint density at radius 3 is 1.80 bits per heavy atom. The minimum absolute atomic E-state index is 0. The summed E-state index contributed by atoms with van der Waals surface area (Å²) in [6.07, 6.45) is 0. The first-order valence-corrected chi connectivity index (χ1v) is 0.928. The summed E-state index contributed by atoms with van der Waals surface area (Å²) in [5, 5.41) is 7.42. The van der Waals surface area contributed by atoms with Crippen molar-refractivity contribution < 1.29 is 9.90 Å². The zero-order valence-corrected chi connectivity index (χ0v) is 7.50. The molecule has 0 amide bonds. The molecule has 5 heavy (non-hydrogen) atoms. The molecule has 0 aliphatic rings. The van der Waals surface area contributed by atoms with Crippen molar-refractivity contribution in [2.24, 2.45) is 0 Å². The maximum Gasteiger partial charge on any atom is 2.00 e. The third-order valence-corrected chi connectivity index (χ3v) is 0. The van der Waals surface area contributed by atoms with E-state index < -0.39 is 5.97 Å². The van der Waals surface area contributed by atoms with Gasteiger partial charge in [-0.1, -0.05) is 0 Å². The second-order valence-electron chi connectivity index (χ2n) is 0.519. The summed E-state index contributed by atoms with van der Waals surface area (Å²) in [4.78, 5) is 9.00. The van der Waals surface area contributed by atoms with Gasteiger partial charge in [-0.3, -0.25) is 4.79 Å². The van der Waals surface area contributed by atoms with Crippen LogP contribution in [0.1, 0.15) is 6.92 Å². The smallest absolute Gasteiger partial charge is 0.481 e. The van der Waals surface area contributed by atoms with E-state index >= 15 is 0 Å². The standard InChI is InChI=1S/C2H4O2.Ba/c1-2(3)4;/h1H3,(H,3,4);/q;+2. The predicted octanol–water partition coefficient (Wildman–Crippen LogP) is -0.290. The van der Waals surface area contributed by atoms with Crippen molar-refractivity contribution in [3.8, 4) is 0 Å². The van der Waals surface area contributed by atoms with Gasteiger partial charge in [0.2, 0.25) is 0 Å². The average molecular weight is 197 g/mol. The first-order chi connectivity index (χ1) is 1.73. The summed E-state index contributed by atoms with van der Waals surface area (Å²) < 4.78 is 0. The van der Waals surface area contributed by atoms with Crippen molar-refractivity contribution in [3.05, 3.63) is 0 Å². The first-order valence-electron chi connectivity index (χ1n) is 0.928. The third kappa shape index (κ3) is 43.0. The van der Waals surface area contributed by atoms with Gasteiger partial charge in [0.05, 0.1) is 0 Å². The van der Waals surface area contributed by atoms with E-state index in [0.29, 0.717) is 0 Å². The van der Waals surface area contributed by atoms with Crippen LogP contribution in [-0.4, -0.2) is 60.0 Å². The predicted molar refractivity (Wildman–Crippen MR) is 19.1 cm³/mol. The Morgan fingerprint density at radius 2 is 1.80 bits per heavy atom. The summed E-state index contributed by atoms with van der Waals surface area (Å²) in [5.74, 6) is -0.833. The van der Waals surface area contributed by atoms with Crippen molar-refractivity contribution in [1.29, 1.82) is 0 Å². The van der Waals surface area contributed by atoms with Crippen molar-refractivity contribution in [3.63, 3.8) is 0 Å². The van der Waals surface area contributed by atoms with E-state index in [1.807, 2.05) is 0 Å². The third-order valence-electron chi connectivity index (χ3n) is 0. The van der Waals surface area contributed by atoms with Crippen molar-refractivity contribution in [2.45, 2.75) is 6.92 Å². The van der Waals surface area contributed by atoms with Crippen LogP contribution in [0.15, 0.2) is 0 Å². The molecule has 0 aliphatic heterocycles. The second kappa shape index (κ2) is 5.04. The van der Waals surface area contributed by atoms with Gasteiger partial charge in [-0.05, 0) is 0 Å². The molecule has 0 bridgehead atoms. The quantitative estimate of drug-likeness (QED) is 0.542. The minimum atomic E-state index is -0.833. The van der Waals surface area contributed by atoms with Crippen LogP contribution in [0.5, 0.6) is 0 Å². The van der Waals surface area contributed by atoms with Crippen LogP contribution < -0.4 is 0 Å². The van der Waals surface area contributed by atoms with Crippen LogP contribution in [0.25, 0.3) is 0 Å². The summed E-state index contributed by atoms with van der Waals surface area (Å²) in [6.45, 7) is 1.08. The van der Waals surface area contributed by atoms with E-state index in [2.05, 4.69) is 0 Å². The normalized spacial score (nSPS) is 5.00. The molecule has 0 heterocycles. The maximum atomic E-state index is 9.00. The molecule has 0 aromatic carbocycles. The van der Waals surface area contributed by atoms with E-state index in [0.717, 1.165) is 6.92 Å². The molecule has 0 fully saturated rings. The number of carboxylic acids is 1. The van der Waals surface area contributed by atoms with Gasteiger partial charge in [0.15, 0.2) is 0 Å². The Balaban J connectivity index is 0. The number of carboxylic acid groups (broad SMARTS) is 1. The molecule has 0 radical (unpaired) electrons. The van der Waals surface area contributed by atoms with E-state index in [9.17, 15) is 0 Å². The van der Waals surface area contributed by atoms with Gasteiger partial charge < -0.3 is 5.11 Å². The Bertz CT molecular complexity index is 30.6. The molecule has 0 unspecified atom stereocenters. The molecular formula is C2H4BaO2+2. The van der Waals surface area contributed by atoms with Crippen molar-refractivity contribution >= 4 is 54.9 Å². The second-order valence-corrected chi connectivity index (χ2v) is 0.519. The molecular weight excluding hydrogens is 193 g/mol. The average Bonchev–Trinajstić information content (AvgIpc) is 0.811. The Labute approximate surface area is 70.6 Å². The molecule has 2 nitrogen and oxygen atoms in total. The zero-order chi connectivity index (χ0) is 3.58. The van der Waals surface area contributed by atoms with Crippen molar-refractivity contribution in [1.82, 2.24) is 0 Å². The number of aliphatic carboxylic acids is 1. The van der Waals surface area contributed by atoms with Crippen LogP contribution in [0, 0.1) is 0 Å². The fourth-order valence-corrected chi connectivity index (χ4v) is 0. The van der Waals surface area contributed by atoms with E-state index in [-0.39, 0.29) is 48.9 Å². The monoisotopic (exact) mass is 198 g/mol. The van der Waals surface area contributed by atoms with Gasteiger partial charge in [-0.15, -0.1) is 0 Å². The summed E-state index contributed by atoms with van der Waals surface area (Å²) in [7, 11) is 0. The Morgan fingerprint density at radius 1 is 1.80 bits per heavy atom. The molecule has 0 aliphatic carbocycles. The molecule has 0 rings (SSSR count). The summed E-state index contributed by atoms with van der Waals surface area (Å²) in [6, 6.07) is 0. The molecule has 0 saturated carbocycles. The van der Waals surface area contributed by atoms with Gasteiger partial charge >= 0.3 is 48.9 Å². The fraction of sp³-hybridized carbons (Fsp3) is 0.500. The van der Waals surface area contributed by atoms with Crippen LogP contribution in [-0.2, 0) is 4.79 Å². The maximum absolute atomic E-state index is 9.00. The van der Waals surface area contributed by atoms with Gasteiger partial charge in [0, 0.05) is 6.92 Å². The zero-order valence-electron chi connectivity index (χ0n) is 3.06. The summed E-state index contributed by atoms with van der Waals surface area (Å²) >= 11 is 0. The Kier molecular flexibility index (Phi) is 9.48. The topological polar surface area (TPSA) is 37.3 Å². The fourth-order valence-electron chi connectivity index (χ4n) is 0. The van der Waals surface area contributed by atoms with Crippen LogP contribution in [0.2, 0.25) is 0 Å². The molecule has 0 aromatic rings. The Hall–Kier alpha value is 1.04. The molecule has 0 saturated heterocycles.